The van der Waals surface area contributed by atoms with Crippen molar-refractivity contribution in [1.82, 2.24) is 14.6 Å². The van der Waals surface area contributed by atoms with Gasteiger partial charge in [0, 0.05) is 11.9 Å². The van der Waals surface area contributed by atoms with E-state index in [0.717, 1.165) is 21.5 Å². The summed E-state index contributed by atoms with van der Waals surface area (Å²) >= 11 is 1.51. The number of methoxy groups -OCH3 is 1. The van der Waals surface area contributed by atoms with Crippen molar-refractivity contribution in [2.24, 2.45) is 0 Å². The molecule has 0 fully saturated rings. The Morgan fingerprint density at radius 3 is 2.82 bits per heavy atom. The Balaban J connectivity index is 1.83. The van der Waals surface area contributed by atoms with Gasteiger partial charge in [0.25, 0.3) is 0 Å². The van der Waals surface area contributed by atoms with Gasteiger partial charge in [-0.2, -0.15) is 0 Å². The SMILES string of the molecule is COc1ccc(Nc2nn3ccnc3s2)cc1. The van der Waals surface area contributed by atoms with Gasteiger partial charge in [0.2, 0.25) is 10.1 Å². The Bertz CT molecular complexity index is 600. The van der Waals surface area contributed by atoms with E-state index < -0.39 is 0 Å². The van der Waals surface area contributed by atoms with Gasteiger partial charge in [-0.25, -0.2) is 9.50 Å². The number of fused-ring (bicyclic) bond motifs is 1. The average molecular weight is 246 g/mol. The summed E-state index contributed by atoms with van der Waals surface area (Å²) in [6.45, 7) is 0. The van der Waals surface area contributed by atoms with Gasteiger partial charge >= 0.3 is 0 Å². The van der Waals surface area contributed by atoms with Crippen LogP contribution in [-0.4, -0.2) is 21.7 Å². The van der Waals surface area contributed by atoms with Gasteiger partial charge in [-0.3, -0.25) is 0 Å². The number of hydrogen-bond donors (Lipinski definition) is 1. The summed E-state index contributed by atoms with van der Waals surface area (Å²) in [5.41, 5.74) is 0.975. The smallest absolute Gasteiger partial charge is 0.213 e. The molecule has 0 saturated heterocycles. The molecule has 1 aromatic carbocycles. The second-order valence-electron chi connectivity index (χ2n) is 3.42. The van der Waals surface area contributed by atoms with Crippen LogP contribution >= 0.6 is 11.3 Å². The van der Waals surface area contributed by atoms with E-state index in [2.05, 4.69) is 15.4 Å². The number of nitrogens with one attached hydrogen (secondary N) is 1. The number of hydrogen-bond acceptors (Lipinski definition) is 5. The molecule has 0 aliphatic rings. The maximum atomic E-state index is 5.10. The topological polar surface area (TPSA) is 51.5 Å². The lowest BCUT2D eigenvalue weighted by Gasteiger charge is -2.03. The van der Waals surface area contributed by atoms with Crippen LogP contribution in [0.25, 0.3) is 4.96 Å². The molecule has 2 heterocycles. The molecule has 1 N–H and O–H groups in total. The predicted molar refractivity (Wildman–Crippen MR) is 67.1 cm³/mol. The molecule has 2 aromatic heterocycles. The molecular weight excluding hydrogens is 236 g/mol. The molecule has 0 radical (unpaired) electrons. The molecule has 0 spiro atoms. The van der Waals surface area contributed by atoms with E-state index in [1.54, 1.807) is 17.8 Å². The van der Waals surface area contributed by atoms with Crippen molar-refractivity contribution in [3.8, 4) is 5.75 Å². The summed E-state index contributed by atoms with van der Waals surface area (Å²) in [6, 6.07) is 7.70. The third-order valence-electron chi connectivity index (χ3n) is 2.32. The van der Waals surface area contributed by atoms with Crippen molar-refractivity contribution in [3.63, 3.8) is 0 Å². The molecule has 3 rings (SSSR count). The van der Waals surface area contributed by atoms with Crippen LogP contribution in [0, 0.1) is 0 Å². The Hall–Kier alpha value is -2.08. The zero-order valence-electron chi connectivity index (χ0n) is 9.12. The van der Waals surface area contributed by atoms with Crippen molar-refractivity contribution in [1.29, 1.82) is 0 Å². The fraction of sp³-hybridized carbons (Fsp3) is 0.0909. The van der Waals surface area contributed by atoms with Crippen molar-refractivity contribution in [2.75, 3.05) is 12.4 Å². The maximum Gasteiger partial charge on any atom is 0.213 e. The van der Waals surface area contributed by atoms with Gasteiger partial charge < -0.3 is 10.1 Å². The van der Waals surface area contributed by atoms with Crippen LogP contribution in [-0.2, 0) is 0 Å². The predicted octanol–water partition coefficient (Wildman–Crippen LogP) is 2.54. The molecule has 0 saturated carbocycles. The van der Waals surface area contributed by atoms with Gasteiger partial charge in [-0.1, -0.05) is 11.3 Å². The first-order chi connectivity index (χ1) is 8.35. The normalized spacial score (nSPS) is 10.6. The summed E-state index contributed by atoms with van der Waals surface area (Å²) in [5.74, 6) is 0.837. The summed E-state index contributed by atoms with van der Waals surface area (Å²) in [6.07, 6.45) is 3.56. The van der Waals surface area contributed by atoms with E-state index in [9.17, 15) is 0 Å². The lowest BCUT2D eigenvalue weighted by atomic mass is 10.3. The van der Waals surface area contributed by atoms with Crippen molar-refractivity contribution in [2.45, 2.75) is 0 Å². The van der Waals surface area contributed by atoms with Crippen LogP contribution in [0.15, 0.2) is 36.7 Å². The first kappa shape index (κ1) is 10.1. The number of aromatic nitrogens is 3. The molecule has 17 heavy (non-hydrogen) atoms. The van der Waals surface area contributed by atoms with Crippen LogP contribution < -0.4 is 10.1 Å². The fourth-order valence-electron chi connectivity index (χ4n) is 1.49. The van der Waals surface area contributed by atoms with Gasteiger partial charge in [-0.15, -0.1) is 5.10 Å². The van der Waals surface area contributed by atoms with Crippen LogP contribution in [0.4, 0.5) is 10.8 Å². The molecule has 3 aromatic rings. The molecule has 0 aliphatic heterocycles. The minimum Gasteiger partial charge on any atom is -0.497 e. The van der Waals surface area contributed by atoms with Gasteiger partial charge in [0.05, 0.1) is 13.3 Å². The third kappa shape index (κ3) is 1.94. The van der Waals surface area contributed by atoms with E-state index in [0.29, 0.717) is 0 Å². The second-order valence-corrected chi connectivity index (χ2v) is 4.37. The Kier molecular flexibility index (Phi) is 2.41. The molecule has 0 amide bonds. The molecule has 5 nitrogen and oxygen atoms in total. The summed E-state index contributed by atoms with van der Waals surface area (Å²) in [4.78, 5) is 5.04. The van der Waals surface area contributed by atoms with Crippen LogP contribution in [0.1, 0.15) is 0 Å². The van der Waals surface area contributed by atoms with Crippen molar-refractivity contribution >= 4 is 27.1 Å². The highest BCUT2D eigenvalue weighted by molar-refractivity contribution is 7.20. The van der Waals surface area contributed by atoms with E-state index in [1.165, 1.54) is 11.3 Å². The lowest BCUT2D eigenvalue weighted by molar-refractivity contribution is 0.415. The van der Waals surface area contributed by atoms with Gasteiger partial charge in [-0.05, 0) is 24.3 Å². The zero-order chi connectivity index (χ0) is 11.7. The Morgan fingerprint density at radius 1 is 1.29 bits per heavy atom. The summed E-state index contributed by atoms with van der Waals surface area (Å²) < 4.78 is 6.85. The van der Waals surface area contributed by atoms with E-state index in [4.69, 9.17) is 4.74 Å². The number of nitrogens with zero attached hydrogens (tertiary/aromatic N) is 3. The van der Waals surface area contributed by atoms with E-state index in [-0.39, 0.29) is 0 Å². The quantitative estimate of drug-likeness (QED) is 0.771. The Labute approximate surface area is 102 Å². The average Bonchev–Trinajstić information content (AvgIpc) is 2.90. The minimum absolute atomic E-state index is 0.818. The molecule has 0 bridgehead atoms. The molecule has 0 aliphatic carbocycles. The van der Waals surface area contributed by atoms with Crippen molar-refractivity contribution in [3.05, 3.63) is 36.7 Å². The number of ether oxygens (including phenoxy) is 1. The summed E-state index contributed by atoms with van der Waals surface area (Å²) in [7, 11) is 1.65. The van der Waals surface area contributed by atoms with Crippen LogP contribution in [0.2, 0.25) is 0 Å². The third-order valence-corrected chi connectivity index (χ3v) is 3.17. The standard InChI is InChI=1S/C11H10N4OS/c1-16-9-4-2-8(3-5-9)13-10-14-15-7-6-12-11(15)17-10/h2-7H,1H3,(H,13,14). The Morgan fingerprint density at radius 2 is 2.12 bits per heavy atom. The highest BCUT2D eigenvalue weighted by Gasteiger charge is 2.04. The van der Waals surface area contributed by atoms with Gasteiger partial charge in [0.1, 0.15) is 5.75 Å². The lowest BCUT2D eigenvalue weighted by Crippen LogP contribution is -1.91. The highest BCUT2D eigenvalue weighted by atomic mass is 32.1. The second kappa shape index (κ2) is 4.06. The summed E-state index contributed by atoms with van der Waals surface area (Å²) in [5, 5.41) is 8.38. The molecule has 0 atom stereocenters. The fourth-order valence-corrected chi connectivity index (χ4v) is 2.26. The maximum absolute atomic E-state index is 5.10. The van der Waals surface area contributed by atoms with E-state index >= 15 is 0 Å². The number of anilines is 2. The molecule has 86 valence electrons. The molecule has 0 unspecified atom stereocenters. The number of benzene rings is 1. The first-order valence-electron chi connectivity index (χ1n) is 5.06. The number of rotatable bonds is 3. The van der Waals surface area contributed by atoms with Crippen LogP contribution in [0.5, 0.6) is 5.75 Å². The molecule has 6 heteroatoms. The highest BCUT2D eigenvalue weighted by Crippen LogP contribution is 2.23. The van der Waals surface area contributed by atoms with Crippen molar-refractivity contribution < 1.29 is 4.74 Å². The number of imidazole rings is 1. The minimum atomic E-state index is 0.818. The van der Waals surface area contributed by atoms with Crippen LogP contribution in [0.3, 0.4) is 0 Å². The largest absolute Gasteiger partial charge is 0.497 e. The van der Waals surface area contributed by atoms with E-state index in [1.807, 2.05) is 30.5 Å². The zero-order valence-corrected chi connectivity index (χ0v) is 9.94. The first-order valence-corrected chi connectivity index (χ1v) is 5.88. The molecular formula is C11H10N4OS. The van der Waals surface area contributed by atoms with Gasteiger partial charge in [0.15, 0.2) is 0 Å². The monoisotopic (exact) mass is 246 g/mol.